The van der Waals surface area contributed by atoms with Gasteiger partial charge in [-0.3, -0.25) is 14.4 Å². The number of rotatable bonds is 7. The molecule has 2 N–H and O–H groups in total. The lowest BCUT2D eigenvalue weighted by atomic mass is 9.98. The average molecular weight is 432 g/mol. The topological polar surface area (TPSA) is 78.5 Å². The third-order valence-corrected chi connectivity index (χ3v) is 7.35. The van der Waals surface area contributed by atoms with Gasteiger partial charge in [0.15, 0.2) is 0 Å². The molecule has 164 valence electrons. The van der Waals surface area contributed by atoms with Crippen molar-refractivity contribution >= 4 is 29.5 Å². The summed E-state index contributed by atoms with van der Waals surface area (Å²) in [6.07, 6.45) is 0.888. The second kappa shape index (κ2) is 8.61. The van der Waals surface area contributed by atoms with Crippen LogP contribution in [-0.2, 0) is 9.59 Å². The standard InChI is InChI=1S/C23H33N3O3S/c1-13(2)11-12-24-19(27)17(14(3)4)25-20(28)18-23(5,6)30-22-16-10-8-7-9-15(16)21(29)26(18)22/h7-10,13-14,17-18,22H,11-12H2,1-6H3,(H,24,27)(H,25,28)/t17-,18-,22+/m0/s1. The van der Waals surface area contributed by atoms with Crippen molar-refractivity contribution in [2.75, 3.05) is 6.54 Å². The highest BCUT2D eigenvalue weighted by atomic mass is 32.2. The fourth-order valence-corrected chi connectivity index (χ4v) is 5.75. The molecular formula is C23H33N3O3S. The molecule has 1 saturated heterocycles. The van der Waals surface area contributed by atoms with Crippen LogP contribution in [0.2, 0.25) is 0 Å². The van der Waals surface area contributed by atoms with Crippen LogP contribution in [0.5, 0.6) is 0 Å². The van der Waals surface area contributed by atoms with E-state index in [1.807, 2.05) is 52.0 Å². The van der Waals surface area contributed by atoms with Gasteiger partial charge in [0, 0.05) is 16.9 Å². The predicted molar refractivity (Wildman–Crippen MR) is 120 cm³/mol. The van der Waals surface area contributed by atoms with Crippen molar-refractivity contribution in [3.63, 3.8) is 0 Å². The Bertz CT molecular complexity index is 837. The highest BCUT2D eigenvalue weighted by Crippen LogP contribution is 2.56. The Hall–Kier alpha value is -2.02. The molecule has 0 unspecified atom stereocenters. The zero-order valence-corrected chi connectivity index (χ0v) is 19.5. The summed E-state index contributed by atoms with van der Waals surface area (Å²) in [5.41, 5.74) is 1.62. The minimum Gasteiger partial charge on any atom is -0.354 e. The van der Waals surface area contributed by atoms with E-state index in [0.29, 0.717) is 18.0 Å². The molecule has 1 aromatic carbocycles. The Balaban J connectivity index is 1.78. The first-order valence-electron chi connectivity index (χ1n) is 10.7. The first kappa shape index (κ1) is 22.7. The Morgan fingerprint density at radius 1 is 1.17 bits per heavy atom. The number of fused-ring (bicyclic) bond motifs is 3. The van der Waals surface area contributed by atoms with Crippen molar-refractivity contribution in [1.29, 1.82) is 0 Å². The number of thioether (sulfide) groups is 1. The summed E-state index contributed by atoms with van der Waals surface area (Å²) in [4.78, 5) is 40.9. The maximum Gasteiger partial charge on any atom is 0.256 e. The fourth-order valence-electron chi connectivity index (χ4n) is 4.17. The summed E-state index contributed by atoms with van der Waals surface area (Å²) >= 11 is 1.63. The molecule has 30 heavy (non-hydrogen) atoms. The molecule has 3 amide bonds. The Morgan fingerprint density at radius 2 is 1.83 bits per heavy atom. The SMILES string of the molecule is CC(C)CCNC(=O)[C@@H](NC(=O)[C@@H]1N2C(=O)c3ccccc3[C@H]2SC1(C)C)C(C)C. The smallest absolute Gasteiger partial charge is 0.256 e. The number of hydrogen-bond acceptors (Lipinski definition) is 4. The van der Waals surface area contributed by atoms with Gasteiger partial charge >= 0.3 is 0 Å². The second-order valence-electron chi connectivity index (χ2n) is 9.48. The summed E-state index contributed by atoms with van der Waals surface area (Å²) < 4.78 is -0.465. The molecule has 7 heteroatoms. The van der Waals surface area contributed by atoms with E-state index in [1.165, 1.54) is 0 Å². The van der Waals surface area contributed by atoms with Crippen LogP contribution in [0, 0.1) is 11.8 Å². The molecule has 6 nitrogen and oxygen atoms in total. The van der Waals surface area contributed by atoms with Crippen LogP contribution in [0.25, 0.3) is 0 Å². The van der Waals surface area contributed by atoms with Gasteiger partial charge in [-0.2, -0.15) is 0 Å². The molecule has 2 aliphatic heterocycles. The van der Waals surface area contributed by atoms with Gasteiger partial charge in [-0.05, 0) is 43.7 Å². The average Bonchev–Trinajstić information content (AvgIpc) is 3.08. The van der Waals surface area contributed by atoms with E-state index in [9.17, 15) is 14.4 Å². The molecule has 2 aliphatic rings. The number of nitrogens with zero attached hydrogens (tertiary/aromatic N) is 1. The first-order chi connectivity index (χ1) is 14.0. The van der Waals surface area contributed by atoms with E-state index in [2.05, 4.69) is 24.5 Å². The number of benzene rings is 1. The van der Waals surface area contributed by atoms with E-state index in [-0.39, 0.29) is 29.0 Å². The van der Waals surface area contributed by atoms with Gasteiger partial charge in [-0.15, -0.1) is 11.8 Å². The van der Waals surface area contributed by atoms with Crippen LogP contribution in [0.1, 0.15) is 69.3 Å². The fraction of sp³-hybridized carbons (Fsp3) is 0.609. The van der Waals surface area contributed by atoms with Crippen molar-refractivity contribution in [3.05, 3.63) is 35.4 Å². The molecule has 3 rings (SSSR count). The number of nitrogens with one attached hydrogen (secondary N) is 2. The van der Waals surface area contributed by atoms with Crippen LogP contribution in [0.4, 0.5) is 0 Å². The highest BCUT2D eigenvalue weighted by molar-refractivity contribution is 8.01. The van der Waals surface area contributed by atoms with Gasteiger partial charge in [0.05, 0.1) is 0 Å². The zero-order valence-electron chi connectivity index (χ0n) is 18.7. The van der Waals surface area contributed by atoms with Gasteiger partial charge in [0.1, 0.15) is 17.5 Å². The molecular weight excluding hydrogens is 398 g/mol. The maximum atomic E-state index is 13.4. The monoisotopic (exact) mass is 431 g/mol. The van der Waals surface area contributed by atoms with Crippen LogP contribution < -0.4 is 10.6 Å². The van der Waals surface area contributed by atoms with Gasteiger partial charge in [0.2, 0.25) is 11.8 Å². The number of amides is 3. The second-order valence-corrected chi connectivity index (χ2v) is 11.2. The van der Waals surface area contributed by atoms with E-state index in [1.54, 1.807) is 16.7 Å². The van der Waals surface area contributed by atoms with Crippen molar-refractivity contribution < 1.29 is 14.4 Å². The van der Waals surface area contributed by atoms with Crippen molar-refractivity contribution in [1.82, 2.24) is 15.5 Å². The van der Waals surface area contributed by atoms with Crippen LogP contribution in [0.3, 0.4) is 0 Å². The molecule has 0 radical (unpaired) electrons. The highest BCUT2D eigenvalue weighted by Gasteiger charge is 2.57. The van der Waals surface area contributed by atoms with Crippen molar-refractivity contribution in [3.8, 4) is 0 Å². The number of carbonyl (C=O) groups excluding carboxylic acids is 3. The third-order valence-electron chi connectivity index (χ3n) is 5.81. The molecule has 1 aromatic rings. The van der Waals surface area contributed by atoms with Crippen molar-refractivity contribution in [2.45, 2.75) is 70.2 Å². The number of hydrogen-bond donors (Lipinski definition) is 2. The summed E-state index contributed by atoms with van der Waals surface area (Å²) in [6, 6.07) is 6.27. The van der Waals surface area contributed by atoms with Gasteiger partial charge in [-0.1, -0.05) is 45.9 Å². The molecule has 0 saturated carbocycles. The largest absolute Gasteiger partial charge is 0.354 e. The predicted octanol–water partition coefficient (Wildman–Crippen LogP) is 3.34. The molecule has 1 fully saturated rings. The van der Waals surface area contributed by atoms with Crippen LogP contribution in [-0.4, -0.2) is 46.0 Å². The van der Waals surface area contributed by atoms with E-state index >= 15 is 0 Å². The molecule has 0 bridgehead atoms. The molecule has 0 spiro atoms. The minimum atomic E-state index is -0.642. The summed E-state index contributed by atoms with van der Waals surface area (Å²) in [6.45, 7) is 12.6. The van der Waals surface area contributed by atoms with Gasteiger partial charge < -0.3 is 15.5 Å². The lowest BCUT2D eigenvalue weighted by Crippen LogP contribution is -2.58. The molecule has 0 aromatic heterocycles. The Labute approximate surface area is 183 Å². The Morgan fingerprint density at radius 3 is 2.47 bits per heavy atom. The lowest BCUT2D eigenvalue weighted by Gasteiger charge is -2.32. The number of carbonyl (C=O) groups is 3. The normalized spacial score (nSPS) is 22.8. The Kier molecular flexibility index (Phi) is 6.51. The summed E-state index contributed by atoms with van der Waals surface area (Å²) in [5, 5.41) is 5.73. The first-order valence-corrected chi connectivity index (χ1v) is 11.6. The van der Waals surface area contributed by atoms with E-state index in [4.69, 9.17) is 0 Å². The van der Waals surface area contributed by atoms with E-state index < -0.39 is 16.8 Å². The maximum absolute atomic E-state index is 13.4. The molecule has 2 heterocycles. The molecule has 3 atom stereocenters. The minimum absolute atomic E-state index is 0.0626. The quantitative estimate of drug-likeness (QED) is 0.694. The summed E-state index contributed by atoms with van der Waals surface area (Å²) in [7, 11) is 0. The van der Waals surface area contributed by atoms with Crippen LogP contribution >= 0.6 is 11.8 Å². The van der Waals surface area contributed by atoms with Gasteiger partial charge in [0.25, 0.3) is 5.91 Å². The third kappa shape index (κ3) is 4.22. The zero-order chi connectivity index (χ0) is 22.2. The van der Waals surface area contributed by atoms with Crippen molar-refractivity contribution in [2.24, 2.45) is 11.8 Å². The molecule has 0 aliphatic carbocycles. The van der Waals surface area contributed by atoms with Gasteiger partial charge in [-0.25, -0.2) is 0 Å². The van der Waals surface area contributed by atoms with Crippen LogP contribution in [0.15, 0.2) is 24.3 Å². The van der Waals surface area contributed by atoms with E-state index in [0.717, 1.165) is 12.0 Å². The lowest BCUT2D eigenvalue weighted by molar-refractivity contribution is -0.132. The summed E-state index contributed by atoms with van der Waals surface area (Å²) in [5.74, 6) is -0.124.